The van der Waals surface area contributed by atoms with Crippen molar-refractivity contribution in [2.24, 2.45) is 0 Å². The van der Waals surface area contributed by atoms with E-state index in [1.807, 2.05) is 22.4 Å². The Hall–Kier alpha value is -2.21. The predicted molar refractivity (Wildman–Crippen MR) is 84.5 cm³/mol. The van der Waals surface area contributed by atoms with E-state index in [9.17, 15) is 9.59 Å². The Morgan fingerprint density at radius 1 is 1.27 bits per heavy atom. The van der Waals surface area contributed by atoms with Gasteiger partial charge in [0.1, 0.15) is 0 Å². The van der Waals surface area contributed by atoms with Crippen molar-refractivity contribution in [2.45, 2.75) is 25.4 Å². The molecule has 22 heavy (non-hydrogen) atoms. The highest BCUT2D eigenvalue weighted by atomic mass is 32.1. The number of aromatic nitrogens is 1. The Kier molecular flexibility index (Phi) is 4.48. The van der Waals surface area contributed by atoms with Crippen LogP contribution in [0.15, 0.2) is 41.4 Å². The van der Waals surface area contributed by atoms with Gasteiger partial charge < -0.3 is 10.2 Å². The molecule has 2 aromatic rings. The van der Waals surface area contributed by atoms with Gasteiger partial charge in [0, 0.05) is 35.9 Å². The van der Waals surface area contributed by atoms with Gasteiger partial charge in [0.15, 0.2) is 0 Å². The molecule has 1 N–H and O–H groups in total. The third kappa shape index (κ3) is 3.71. The third-order valence-corrected chi connectivity index (χ3v) is 4.28. The summed E-state index contributed by atoms with van der Waals surface area (Å²) in [6.07, 6.45) is 5.52. The number of pyridine rings is 1. The number of hydrogen-bond acceptors (Lipinski definition) is 4. The molecule has 3 rings (SSSR count). The minimum absolute atomic E-state index is 0.0380. The number of carbonyl (C=O) groups is 2. The van der Waals surface area contributed by atoms with E-state index in [2.05, 4.69) is 10.3 Å². The number of nitrogens with zero attached hydrogens (tertiary/aromatic N) is 2. The molecular weight excluding hydrogens is 298 g/mol. The molecule has 0 bridgehead atoms. The molecule has 0 atom stereocenters. The molecule has 5 nitrogen and oxygen atoms in total. The van der Waals surface area contributed by atoms with Crippen LogP contribution in [0.2, 0.25) is 0 Å². The molecule has 1 aliphatic rings. The van der Waals surface area contributed by atoms with Crippen LogP contribution in [0.25, 0.3) is 0 Å². The maximum absolute atomic E-state index is 12.4. The third-order valence-electron chi connectivity index (χ3n) is 3.59. The summed E-state index contributed by atoms with van der Waals surface area (Å²) >= 11 is 1.46. The lowest BCUT2D eigenvalue weighted by atomic mass is 10.2. The van der Waals surface area contributed by atoms with Crippen molar-refractivity contribution in [3.05, 3.63) is 52.5 Å². The minimum atomic E-state index is -0.200. The molecule has 1 fully saturated rings. The molecule has 1 aliphatic carbocycles. The summed E-state index contributed by atoms with van der Waals surface area (Å²) in [5.74, 6) is -0.239. The van der Waals surface area contributed by atoms with Crippen LogP contribution in [0.3, 0.4) is 0 Å². The molecule has 6 heteroatoms. The molecule has 2 amide bonds. The largest absolute Gasteiger partial charge is 0.343 e. The SMILES string of the molecule is O=C(NCC(=O)N(Cc1ccncc1)C1CC1)c1ccsc1. The minimum Gasteiger partial charge on any atom is -0.343 e. The molecule has 1 saturated carbocycles. The van der Waals surface area contributed by atoms with E-state index >= 15 is 0 Å². The van der Waals surface area contributed by atoms with E-state index in [4.69, 9.17) is 0 Å². The lowest BCUT2D eigenvalue weighted by molar-refractivity contribution is -0.131. The average Bonchev–Trinajstić information content (AvgIpc) is 3.24. The maximum Gasteiger partial charge on any atom is 0.252 e. The van der Waals surface area contributed by atoms with Gasteiger partial charge >= 0.3 is 0 Å². The second-order valence-electron chi connectivity index (χ2n) is 5.30. The summed E-state index contributed by atoms with van der Waals surface area (Å²) in [6.45, 7) is 0.608. The van der Waals surface area contributed by atoms with Gasteiger partial charge in [0.05, 0.1) is 6.54 Å². The van der Waals surface area contributed by atoms with Crippen molar-refractivity contribution in [1.29, 1.82) is 0 Å². The van der Waals surface area contributed by atoms with Crippen LogP contribution in [0, 0.1) is 0 Å². The second kappa shape index (κ2) is 6.70. The van der Waals surface area contributed by atoms with E-state index in [0.717, 1.165) is 18.4 Å². The van der Waals surface area contributed by atoms with Gasteiger partial charge in [-0.15, -0.1) is 0 Å². The van der Waals surface area contributed by atoms with Gasteiger partial charge in [-0.05, 0) is 42.0 Å². The van der Waals surface area contributed by atoms with Gasteiger partial charge in [0.2, 0.25) is 5.91 Å². The van der Waals surface area contributed by atoms with Crippen molar-refractivity contribution >= 4 is 23.2 Å². The van der Waals surface area contributed by atoms with Crippen molar-refractivity contribution < 1.29 is 9.59 Å². The van der Waals surface area contributed by atoms with Crippen LogP contribution < -0.4 is 5.32 Å². The number of nitrogens with one attached hydrogen (secondary N) is 1. The highest BCUT2D eigenvalue weighted by molar-refractivity contribution is 7.08. The smallest absolute Gasteiger partial charge is 0.252 e. The zero-order chi connectivity index (χ0) is 15.4. The maximum atomic E-state index is 12.4. The Bertz CT molecular complexity index is 639. The monoisotopic (exact) mass is 315 g/mol. The van der Waals surface area contributed by atoms with Crippen LogP contribution >= 0.6 is 11.3 Å². The molecule has 0 aliphatic heterocycles. The number of hydrogen-bond donors (Lipinski definition) is 1. The van der Waals surface area contributed by atoms with Crippen LogP contribution in [0.5, 0.6) is 0 Å². The molecule has 0 aromatic carbocycles. The lowest BCUT2D eigenvalue weighted by Crippen LogP contribution is -2.41. The molecule has 0 radical (unpaired) electrons. The molecule has 114 valence electrons. The Labute approximate surface area is 133 Å². The normalized spacial score (nSPS) is 13.6. The first-order chi connectivity index (χ1) is 10.7. The first-order valence-electron chi connectivity index (χ1n) is 7.23. The lowest BCUT2D eigenvalue weighted by Gasteiger charge is -2.22. The van der Waals surface area contributed by atoms with E-state index in [1.165, 1.54) is 11.3 Å². The van der Waals surface area contributed by atoms with E-state index in [1.54, 1.807) is 23.8 Å². The highest BCUT2D eigenvalue weighted by Crippen LogP contribution is 2.28. The van der Waals surface area contributed by atoms with Gasteiger partial charge in [-0.1, -0.05) is 0 Å². The summed E-state index contributed by atoms with van der Waals surface area (Å²) in [7, 11) is 0. The number of rotatable bonds is 6. The molecule has 0 unspecified atom stereocenters. The van der Waals surface area contributed by atoms with E-state index < -0.39 is 0 Å². The highest BCUT2D eigenvalue weighted by Gasteiger charge is 2.32. The van der Waals surface area contributed by atoms with Crippen molar-refractivity contribution in [3.8, 4) is 0 Å². The van der Waals surface area contributed by atoms with Gasteiger partial charge in [-0.2, -0.15) is 11.3 Å². The molecule has 2 heterocycles. The standard InChI is InChI=1S/C16H17N3O2S/c20-15(9-18-16(21)13-5-8-22-11-13)19(14-1-2-14)10-12-3-6-17-7-4-12/h3-8,11,14H,1-2,9-10H2,(H,18,21). The topological polar surface area (TPSA) is 62.3 Å². The first-order valence-corrected chi connectivity index (χ1v) is 8.17. The zero-order valence-corrected chi connectivity index (χ0v) is 12.9. The zero-order valence-electron chi connectivity index (χ0n) is 12.1. The van der Waals surface area contributed by atoms with E-state index in [0.29, 0.717) is 18.2 Å². The van der Waals surface area contributed by atoms with Crippen LogP contribution in [0.1, 0.15) is 28.8 Å². The van der Waals surface area contributed by atoms with Crippen molar-refractivity contribution in [2.75, 3.05) is 6.54 Å². The van der Waals surface area contributed by atoms with Crippen molar-refractivity contribution in [3.63, 3.8) is 0 Å². The predicted octanol–water partition coefficient (Wildman–Crippen LogP) is 2.06. The molecule has 0 saturated heterocycles. The Morgan fingerprint density at radius 2 is 2.05 bits per heavy atom. The summed E-state index contributed by atoms with van der Waals surface area (Å²) in [6, 6.07) is 5.87. The molecular formula is C16H17N3O2S. The number of amides is 2. The Balaban J connectivity index is 1.57. The summed E-state index contributed by atoms with van der Waals surface area (Å²) in [5, 5.41) is 6.32. The fourth-order valence-corrected chi connectivity index (χ4v) is 2.88. The van der Waals surface area contributed by atoms with Crippen LogP contribution in [-0.4, -0.2) is 34.3 Å². The Morgan fingerprint density at radius 3 is 2.68 bits per heavy atom. The van der Waals surface area contributed by atoms with Gasteiger partial charge in [0.25, 0.3) is 5.91 Å². The van der Waals surface area contributed by atoms with Crippen LogP contribution in [0.4, 0.5) is 0 Å². The van der Waals surface area contributed by atoms with Crippen LogP contribution in [-0.2, 0) is 11.3 Å². The number of thiophene rings is 1. The average molecular weight is 315 g/mol. The fourth-order valence-electron chi connectivity index (χ4n) is 2.25. The summed E-state index contributed by atoms with van der Waals surface area (Å²) < 4.78 is 0. The first kappa shape index (κ1) is 14.7. The second-order valence-corrected chi connectivity index (χ2v) is 6.08. The fraction of sp³-hybridized carbons (Fsp3) is 0.312. The summed E-state index contributed by atoms with van der Waals surface area (Å²) in [5.41, 5.74) is 1.66. The van der Waals surface area contributed by atoms with E-state index in [-0.39, 0.29) is 18.4 Å². The van der Waals surface area contributed by atoms with Gasteiger partial charge in [-0.3, -0.25) is 14.6 Å². The number of carbonyl (C=O) groups excluding carboxylic acids is 2. The van der Waals surface area contributed by atoms with Crippen molar-refractivity contribution in [1.82, 2.24) is 15.2 Å². The quantitative estimate of drug-likeness (QED) is 0.887. The van der Waals surface area contributed by atoms with Gasteiger partial charge in [-0.25, -0.2) is 0 Å². The molecule has 2 aromatic heterocycles. The molecule has 0 spiro atoms. The summed E-state index contributed by atoms with van der Waals surface area (Å²) in [4.78, 5) is 30.1.